The Morgan fingerprint density at radius 1 is 1.14 bits per heavy atom. The van der Waals surface area contributed by atoms with Crippen LogP contribution in [-0.4, -0.2) is 101 Å². The molecule has 1 aromatic heterocycles. The maximum Gasteiger partial charge on any atom is 0.304 e. The summed E-state index contributed by atoms with van der Waals surface area (Å²) in [5, 5.41) is 16.2. The SMILES string of the molecule is COc1c(Cl)cc(C2=C(CN3CCCC3C)SC(NC(=O)c3cnc(N4CCN(CCC(=O)O)CC4)cn3)N2)cc1Cl. The summed E-state index contributed by atoms with van der Waals surface area (Å²) in [6.45, 7) is 7.49. The summed E-state index contributed by atoms with van der Waals surface area (Å²) in [7, 11) is 1.53. The van der Waals surface area contributed by atoms with Crippen LogP contribution in [0.3, 0.4) is 0 Å². The van der Waals surface area contributed by atoms with E-state index in [1.165, 1.54) is 13.3 Å². The van der Waals surface area contributed by atoms with Crippen LogP contribution in [0.15, 0.2) is 29.4 Å². The molecule has 5 rings (SSSR count). The van der Waals surface area contributed by atoms with Crippen LogP contribution >= 0.6 is 35.0 Å². The van der Waals surface area contributed by atoms with Gasteiger partial charge in [0.25, 0.3) is 5.91 Å². The second-order valence-electron chi connectivity index (χ2n) is 10.6. The lowest BCUT2D eigenvalue weighted by atomic mass is 10.1. The number of nitrogens with zero attached hydrogens (tertiary/aromatic N) is 5. The van der Waals surface area contributed by atoms with E-state index in [0.29, 0.717) is 47.3 Å². The van der Waals surface area contributed by atoms with E-state index < -0.39 is 11.5 Å². The molecule has 3 N–H and O–H groups in total. The molecule has 3 aliphatic rings. The topological polar surface area (TPSA) is 123 Å². The number of thioether (sulfide) groups is 1. The predicted molar refractivity (Wildman–Crippen MR) is 165 cm³/mol. The first-order valence-electron chi connectivity index (χ1n) is 14.0. The van der Waals surface area contributed by atoms with Crippen LogP contribution < -0.4 is 20.3 Å². The van der Waals surface area contributed by atoms with Gasteiger partial charge in [0.2, 0.25) is 0 Å². The lowest BCUT2D eigenvalue weighted by molar-refractivity contribution is -0.137. The maximum atomic E-state index is 13.2. The van der Waals surface area contributed by atoms with E-state index in [2.05, 4.69) is 42.2 Å². The average Bonchev–Trinajstić information content (AvgIpc) is 3.57. The normalized spacial score (nSPS) is 21.5. The molecule has 2 unspecified atom stereocenters. The first-order valence-corrected chi connectivity index (χ1v) is 15.6. The zero-order valence-corrected chi connectivity index (χ0v) is 25.9. The molecule has 0 radical (unpaired) electrons. The number of carbonyl (C=O) groups excluding carboxylic acids is 1. The van der Waals surface area contributed by atoms with Crippen LogP contribution in [0.2, 0.25) is 10.0 Å². The molecular formula is C28H35Cl2N7O4S. The van der Waals surface area contributed by atoms with Gasteiger partial charge in [-0.2, -0.15) is 0 Å². The number of carboxylic acids is 1. The maximum absolute atomic E-state index is 13.2. The molecule has 0 aliphatic carbocycles. The smallest absolute Gasteiger partial charge is 0.304 e. The fourth-order valence-corrected chi connectivity index (χ4v) is 7.23. The minimum atomic E-state index is -0.790. The molecule has 42 heavy (non-hydrogen) atoms. The van der Waals surface area contributed by atoms with Gasteiger partial charge in [-0.25, -0.2) is 9.97 Å². The van der Waals surface area contributed by atoms with Crippen molar-refractivity contribution in [2.75, 3.05) is 57.8 Å². The lowest BCUT2D eigenvalue weighted by Gasteiger charge is -2.34. The minimum Gasteiger partial charge on any atom is -0.494 e. The van der Waals surface area contributed by atoms with Gasteiger partial charge in [0.15, 0.2) is 11.2 Å². The first kappa shape index (κ1) is 30.7. The fraction of sp³-hybridized carbons (Fsp3) is 0.500. The summed E-state index contributed by atoms with van der Waals surface area (Å²) in [5.74, 6) is -0.00666. The molecule has 2 atom stereocenters. The van der Waals surface area contributed by atoms with Crippen LogP contribution in [-0.2, 0) is 4.79 Å². The number of hydrogen-bond donors (Lipinski definition) is 3. The van der Waals surface area contributed by atoms with Crippen molar-refractivity contribution in [3.63, 3.8) is 0 Å². The van der Waals surface area contributed by atoms with Crippen LogP contribution in [0.1, 0.15) is 42.2 Å². The Labute approximate surface area is 259 Å². The summed E-state index contributed by atoms with van der Waals surface area (Å²) < 4.78 is 5.33. The zero-order valence-electron chi connectivity index (χ0n) is 23.6. The largest absolute Gasteiger partial charge is 0.494 e. The number of aliphatic carboxylic acids is 1. The van der Waals surface area contributed by atoms with Gasteiger partial charge in [0.1, 0.15) is 11.5 Å². The van der Waals surface area contributed by atoms with Crippen LogP contribution in [0, 0.1) is 0 Å². The number of carboxylic acid groups (broad SMARTS) is 1. The molecule has 0 spiro atoms. The van der Waals surface area contributed by atoms with Crippen molar-refractivity contribution in [1.29, 1.82) is 0 Å². The summed E-state index contributed by atoms with van der Waals surface area (Å²) in [6.07, 6.45) is 5.57. The van der Waals surface area contributed by atoms with Crippen molar-refractivity contribution in [2.24, 2.45) is 0 Å². The molecule has 14 heteroatoms. The Balaban J connectivity index is 1.23. The highest BCUT2D eigenvalue weighted by Gasteiger charge is 2.31. The third-order valence-electron chi connectivity index (χ3n) is 7.81. The standard InChI is InChI=1S/C28H35Cl2N7O4S/c1-17-4-3-6-37(17)16-22-25(18-12-19(29)26(41-2)20(30)13-18)33-28(42-22)34-27(40)21-14-32-23(15-31-21)36-10-8-35(9-11-36)7-5-24(38)39/h12-15,17,28,33H,3-11,16H2,1-2H3,(H,34,40)(H,38,39). The van der Waals surface area contributed by atoms with E-state index in [1.54, 1.807) is 18.0 Å². The number of rotatable bonds is 10. The van der Waals surface area contributed by atoms with E-state index in [-0.39, 0.29) is 18.0 Å². The number of amides is 1. The molecule has 4 heterocycles. The van der Waals surface area contributed by atoms with Crippen molar-refractivity contribution >= 4 is 58.4 Å². The number of aromatic nitrogens is 2. The second kappa shape index (κ2) is 13.7. The molecule has 0 bridgehead atoms. The highest BCUT2D eigenvalue weighted by Crippen LogP contribution is 2.41. The molecule has 2 fully saturated rings. The van der Waals surface area contributed by atoms with Gasteiger partial charge in [-0.1, -0.05) is 35.0 Å². The van der Waals surface area contributed by atoms with Gasteiger partial charge in [0.05, 0.1) is 41.7 Å². The van der Waals surface area contributed by atoms with Crippen molar-refractivity contribution in [3.05, 3.63) is 50.7 Å². The van der Waals surface area contributed by atoms with Crippen molar-refractivity contribution in [1.82, 2.24) is 30.4 Å². The molecule has 2 aromatic rings. The number of carbonyl (C=O) groups is 2. The molecule has 11 nitrogen and oxygen atoms in total. The van der Waals surface area contributed by atoms with E-state index in [0.717, 1.165) is 55.2 Å². The van der Waals surface area contributed by atoms with Crippen molar-refractivity contribution in [2.45, 2.75) is 37.7 Å². The molecular weight excluding hydrogens is 601 g/mol. The molecule has 1 amide bonds. The van der Waals surface area contributed by atoms with Gasteiger partial charge < -0.3 is 25.4 Å². The number of likely N-dealkylation sites (tertiary alicyclic amines) is 1. The number of methoxy groups -OCH3 is 1. The third kappa shape index (κ3) is 7.23. The molecule has 1 aromatic carbocycles. The number of nitrogens with one attached hydrogen (secondary N) is 2. The Hall–Kier alpha value is -2.77. The number of halogens is 2. The highest BCUT2D eigenvalue weighted by molar-refractivity contribution is 8.04. The number of ether oxygens (including phenoxy) is 1. The number of piperazine rings is 1. The number of benzene rings is 1. The Morgan fingerprint density at radius 2 is 1.88 bits per heavy atom. The predicted octanol–water partition coefficient (Wildman–Crippen LogP) is 3.59. The summed E-state index contributed by atoms with van der Waals surface area (Å²) in [5.41, 5.74) is 1.50. The molecule has 0 saturated carbocycles. The number of anilines is 1. The highest BCUT2D eigenvalue weighted by atomic mass is 35.5. The van der Waals surface area contributed by atoms with Gasteiger partial charge >= 0.3 is 5.97 Å². The van der Waals surface area contributed by atoms with Gasteiger partial charge in [0, 0.05) is 55.8 Å². The summed E-state index contributed by atoms with van der Waals surface area (Å²) in [6, 6.07) is 4.13. The van der Waals surface area contributed by atoms with E-state index in [4.69, 9.17) is 33.0 Å². The van der Waals surface area contributed by atoms with Gasteiger partial charge in [-0.15, -0.1) is 0 Å². The van der Waals surface area contributed by atoms with E-state index in [9.17, 15) is 9.59 Å². The summed E-state index contributed by atoms with van der Waals surface area (Å²) in [4.78, 5) is 40.6. The van der Waals surface area contributed by atoms with E-state index in [1.807, 2.05) is 12.1 Å². The molecule has 2 saturated heterocycles. The fourth-order valence-electron chi connectivity index (χ4n) is 5.43. The van der Waals surface area contributed by atoms with Gasteiger partial charge in [-0.3, -0.25) is 19.4 Å². The van der Waals surface area contributed by atoms with Crippen molar-refractivity contribution in [3.8, 4) is 5.75 Å². The van der Waals surface area contributed by atoms with Crippen molar-refractivity contribution < 1.29 is 19.4 Å². The summed E-state index contributed by atoms with van der Waals surface area (Å²) >= 11 is 14.5. The minimum absolute atomic E-state index is 0.134. The van der Waals surface area contributed by atoms with Gasteiger partial charge in [-0.05, 0) is 38.4 Å². The lowest BCUT2D eigenvalue weighted by Crippen LogP contribution is -2.47. The van der Waals surface area contributed by atoms with E-state index >= 15 is 0 Å². The monoisotopic (exact) mass is 635 g/mol. The molecule has 3 aliphatic heterocycles. The Kier molecular flexibility index (Phi) is 10.00. The molecule has 226 valence electrons. The second-order valence-corrected chi connectivity index (χ2v) is 12.6. The van der Waals surface area contributed by atoms with Crippen LogP contribution in [0.4, 0.5) is 5.82 Å². The van der Waals surface area contributed by atoms with Crippen LogP contribution in [0.25, 0.3) is 5.70 Å². The quantitative estimate of drug-likeness (QED) is 0.355. The van der Waals surface area contributed by atoms with Crippen LogP contribution in [0.5, 0.6) is 5.75 Å². The zero-order chi connectivity index (χ0) is 29.8. The Bertz CT molecular complexity index is 1320. The third-order valence-corrected chi connectivity index (χ3v) is 9.46. The number of hydrogen-bond acceptors (Lipinski definition) is 10. The first-order chi connectivity index (χ1) is 20.2. The Morgan fingerprint density at radius 3 is 2.48 bits per heavy atom. The average molecular weight is 637 g/mol.